The normalized spacial score (nSPS) is 10.7. The van der Waals surface area contributed by atoms with Crippen LogP contribution in [-0.2, 0) is 0 Å². The third-order valence-electron chi connectivity index (χ3n) is 1.26. The fraction of sp³-hybridized carbons (Fsp3) is 0. The summed E-state index contributed by atoms with van der Waals surface area (Å²) >= 11 is 8.89. The van der Waals surface area contributed by atoms with Crippen LogP contribution in [0.2, 0.25) is 5.15 Å². The van der Waals surface area contributed by atoms with Crippen molar-refractivity contribution >= 4 is 33.2 Å². The van der Waals surface area contributed by atoms with E-state index < -0.39 is 0 Å². The summed E-state index contributed by atoms with van der Waals surface area (Å²) in [5, 5.41) is 4.54. The molecule has 0 aliphatic heterocycles. The van der Waals surface area contributed by atoms with Crippen LogP contribution in [0.15, 0.2) is 22.9 Å². The lowest BCUT2D eigenvalue weighted by Gasteiger charge is -1.89. The summed E-state index contributed by atoms with van der Waals surface area (Å²) in [6.07, 6.45) is 1.76. The van der Waals surface area contributed by atoms with Gasteiger partial charge in [0.15, 0.2) is 5.65 Å². The van der Waals surface area contributed by atoms with E-state index >= 15 is 0 Å². The zero-order chi connectivity index (χ0) is 7.84. The first-order valence-electron chi connectivity index (χ1n) is 2.93. The lowest BCUT2D eigenvalue weighted by atomic mass is 10.6. The molecule has 0 saturated carbocycles. The van der Waals surface area contributed by atoms with Gasteiger partial charge in [-0.3, -0.25) is 0 Å². The molecule has 0 aromatic carbocycles. The molecule has 0 spiro atoms. The Morgan fingerprint density at radius 1 is 1.55 bits per heavy atom. The molecule has 11 heavy (non-hydrogen) atoms. The molecule has 2 rings (SSSR count). The van der Waals surface area contributed by atoms with Crippen molar-refractivity contribution in [3.8, 4) is 0 Å². The van der Waals surface area contributed by atoms with Crippen LogP contribution in [0.4, 0.5) is 0 Å². The number of rotatable bonds is 0. The SMILES string of the molecule is Clc1ccn2nc(Br)cc2n1. The zero-order valence-corrected chi connectivity index (χ0v) is 7.67. The minimum Gasteiger partial charge on any atom is -0.221 e. The predicted molar refractivity (Wildman–Crippen MR) is 45.7 cm³/mol. The number of halogens is 2. The molecule has 0 unspecified atom stereocenters. The molecule has 2 aromatic heterocycles. The van der Waals surface area contributed by atoms with E-state index in [2.05, 4.69) is 26.0 Å². The van der Waals surface area contributed by atoms with Crippen LogP contribution in [-0.4, -0.2) is 14.6 Å². The highest BCUT2D eigenvalue weighted by atomic mass is 79.9. The average molecular weight is 232 g/mol. The van der Waals surface area contributed by atoms with Crippen molar-refractivity contribution in [3.63, 3.8) is 0 Å². The second-order valence-corrected chi connectivity index (χ2v) is 3.22. The summed E-state index contributed by atoms with van der Waals surface area (Å²) in [5.41, 5.74) is 0.740. The summed E-state index contributed by atoms with van der Waals surface area (Å²) in [5.74, 6) is 0. The Hall–Kier alpha value is -0.610. The monoisotopic (exact) mass is 231 g/mol. The number of aromatic nitrogens is 3. The molecule has 0 aliphatic rings. The molecule has 2 aromatic rings. The Labute approximate surface area is 76.1 Å². The van der Waals surface area contributed by atoms with E-state index in [1.165, 1.54) is 0 Å². The number of fused-ring (bicyclic) bond motifs is 1. The Balaban J connectivity index is 2.82. The van der Waals surface area contributed by atoms with Gasteiger partial charge in [-0.25, -0.2) is 9.50 Å². The molecule has 0 N–H and O–H groups in total. The maximum absolute atomic E-state index is 5.66. The Morgan fingerprint density at radius 3 is 3.18 bits per heavy atom. The van der Waals surface area contributed by atoms with Gasteiger partial charge < -0.3 is 0 Å². The molecule has 0 fully saturated rings. The van der Waals surface area contributed by atoms with Crippen molar-refractivity contribution in [2.75, 3.05) is 0 Å². The van der Waals surface area contributed by atoms with Crippen molar-refractivity contribution in [3.05, 3.63) is 28.1 Å². The van der Waals surface area contributed by atoms with Gasteiger partial charge in [-0.05, 0) is 22.0 Å². The number of nitrogens with zero attached hydrogens (tertiary/aromatic N) is 3. The Bertz CT molecular complexity index is 398. The fourth-order valence-electron chi connectivity index (χ4n) is 0.828. The van der Waals surface area contributed by atoms with Gasteiger partial charge in [0.2, 0.25) is 0 Å². The highest BCUT2D eigenvalue weighted by Crippen LogP contribution is 2.11. The van der Waals surface area contributed by atoms with Crippen LogP contribution in [0, 0.1) is 0 Å². The molecule has 0 atom stereocenters. The lowest BCUT2D eigenvalue weighted by molar-refractivity contribution is 0.927. The van der Waals surface area contributed by atoms with E-state index in [0.717, 1.165) is 10.3 Å². The van der Waals surface area contributed by atoms with Crippen LogP contribution < -0.4 is 0 Å². The van der Waals surface area contributed by atoms with Gasteiger partial charge in [-0.1, -0.05) is 11.6 Å². The van der Waals surface area contributed by atoms with Crippen molar-refractivity contribution in [2.24, 2.45) is 0 Å². The Kier molecular flexibility index (Phi) is 1.58. The average Bonchev–Trinajstić information content (AvgIpc) is 2.27. The molecule has 0 aliphatic carbocycles. The number of hydrogen-bond acceptors (Lipinski definition) is 2. The van der Waals surface area contributed by atoms with Gasteiger partial charge in [0.1, 0.15) is 9.76 Å². The molecule has 56 valence electrons. The van der Waals surface area contributed by atoms with Crippen molar-refractivity contribution in [2.45, 2.75) is 0 Å². The first-order valence-corrected chi connectivity index (χ1v) is 4.10. The van der Waals surface area contributed by atoms with Gasteiger partial charge in [-0.15, -0.1) is 0 Å². The lowest BCUT2D eigenvalue weighted by Crippen LogP contribution is -1.87. The molecule has 0 saturated heterocycles. The quantitative estimate of drug-likeness (QED) is 0.652. The largest absolute Gasteiger partial charge is 0.221 e. The molecule has 0 amide bonds. The minimum atomic E-state index is 0.477. The first-order chi connectivity index (χ1) is 5.25. The van der Waals surface area contributed by atoms with Gasteiger partial charge in [-0.2, -0.15) is 5.10 Å². The summed E-state index contributed by atoms with van der Waals surface area (Å²) in [6, 6.07) is 3.49. The minimum absolute atomic E-state index is 0.477. The van der Waals surface area contributed by atoms with E-state index in [4.69, 9.17) is 11.6 Å². The highest BCUT2D eigenvalue weighted by Gasteiger charge is 1.98. The summed E-state index contributed by atoms with van der Waals surface area (Å²) < 4.78 is 2.41. The number of hydrogen-bond donors (Lipinski definition) is 0. The second-order valence-electron chi connectivity index (χ2n) is 2.02. The van der Waals surface area contributed by atoms with E-state index in [0.29, 0.717) is 5.15 Å². The van der Waals surface area contributed by atoms with Crippen LogP contribution >= 0.6 is 27.5 Å². The summed E-state index contributed by atoms with van der Waals surface area (Å²) in [4.78, 5) is 4.03. The van der Waals surface area contributed by atoms with Crippen molar-refractivity contribution < 1.29 is 0 Å². The molecule has 0 bridgehead atoms. The molecular weight excluding hydrogens is 229 g/mol. The van der Waals surface area contributed by atoms with Gasteiger partial charge in [0.05, 0.1) is 0 Å². The van der Waals surface area contributed by atoms with Gasteiger partial charge in [0.25, 0.3) is 0 Å². The van der Waals surface area contributed by atoms with Crippen LogP contribution in [0.5, 0.6) is 0 Å². The van der Waals surface area contributed by atoms with E-state index in [1.54, 1.807) is 22.8 Å². The standard InChI is InChI=1S/C6H3BrClN3/c7-4-3-6-9-5(8)1-2-11(6)10-4/h1-3H. The van der Waals surface area contributed by atoms with Crippen LogP contribution in [0.3, 0.4) is 0 Å². The summed E-state index contributed by atoms with van der Waals surface area (Å²) in [6.45, 7) is 0. The van der Waals surface area contributed by atoms with Crippen LogP contribution in [0.1, 0.15) is 0 Å². The van der Waals surface area contributed by atoms with Gasteiger partial charge >= 0.3 is 0 Å². The predicted octanol–water partition coefficient (Wildman–Crippen LogP) is 2.15. The molecule has 0 radical (unpaired) electrons. The maximum Gasteiger partial charge on any atom is 0.157 e. The molecule has 2 heterocycles. The summed E-state index contributed by atoms with van der Waals surface area (Å²) in [7, 11) is 0. The Morgan fingerprint density at radius 2 is 2.36 bits per heavy atom. The molecule has 3 nitrogen and oxygen atoms in total. The maximum atomic E-state index is 5.66. The third kappa shape index (κ3) is 1.23. The van der Waals surface area contributed by atoms with Crippen molar-refractivity contribution in [1.82, 2.24) is 14.6 Å². The second kappa shape index (κ2) is 2.46. The highest BCUT2D eigenvalue weighted by molar-refractivity contribution is 9.10. The zero-order valence-electron chi connectivity index (χ0n) is 5.33. The third-order valence-corrected chi connectivity index (χ3v) is 1.86. The van der Waals surface area contributed by atoms with E-state index in [1.807, 2.05) is 0 Å². The van der Waals surface area contributed by atoms with Gasteiger partial charge in [0, 0.05) is 12.3 Å². The van der Waals surface area contributed by atoms with Crippen molar-refractivity contribution in [1.29, 1.82) is 0 Å². The van der Waals surface area contributed by atoms with E-state index in [-0.39, 0.29) is 0 Å². The first kappa shape index (κ1) is 7.06. The topological polar surface area (TPSA) is 30.2 Å². The molecule has 5 heteroatoms. The van der Waals surface area contributed by atoms with E-state index in [9.17, 15) is 0 Å². The molecular formula is C6H3BrClN3. The fourth-order valence-corrected chi connectivity index (χ4v) is 1.35. The smallest absolute Gasteiger partial charge is 0.157 e. The van der Waals surface area contributed by atoms with Crippen LogP contribution in [0.25, 0.3) is 5.65 Å².